The summed E-state index contributed by atoms with van der Waals surface area (Å²) in [7, 11) is 1.31. The molecule has 0 fully saturated rings. The van der Waals surface area contributed by atoms with E-state index in [2.05, 4.69) is 0 Å². The SMILES string of the molecule is COC(=O)C(=Cc1ccc(Cl)cc1)c1ccc(F)cc1. The molecule has 0 aliphatic carbocycles. The van der Waals surface area contributed by atoms with E-state index in [1.807, 2.05) is 0 Å². The van der Waals surface area contributed by atoms with Gasteiger partial charge in [-0.2, -0.15) is 0 Å². The molecule has 0 aliphatic rings. The molecule has 0 aliphatic heterocycles. The molecule has 2 nitrogen and oxygen atoms in total. The molecular formula is C16H12ClFO2. The number of halogens is 2. The van der Waals surface area contributed by atoms with Gasteiger partial charge in [0.15, 0.2) is 0 Å². The molecule has 0 unspecified atom stereocenters. The van der Waals surface area contributed by atoms with Gasteiger partial charge in [0.1, 0.15) is 5.82 Å². The van der Waals surface area contributed by atoms with Crippen molar-refractivity contribution in [2.45, 2.75) is 0 Å². The summed E-state index contributed by atoms with van der Waals surface area (Å²) in [4.78, 5) is 11.9. The summed E-state index contributed by atoms with van der Waals surface area (Å²) in [6, 6.07) is 12.7. The van der Waals surface area contributed by atoms with E-state index in [4.69, 9.17) is 16.3 Å². The number of carbonyl (C=O) groups excluding carboxylic acids is 1. The first kappa shape index (κ1) is 14.3. The summed E-state index contributed by atoms with van der Waals surface area (Å²) in [6.07, 6.45) is 1.68. The summed E-state index contributed by atoms with van der Waals surface area (Å²) in [5, 5.41) is 0.614. The van der Waals surface area contributed by atoms with Crippen molar-refractivity contribution in [3.05, 3.63) is 70.5 Å². The van der Waals surface area contributed by atoms with E-state index in [1.165, 1.54) is 31.4 Å². The minimum absolute atomic E-state index is 0.356. The monoisotopic (exact) mass is 290 g/mol. The summed E-state index contributed by atoms with van der Waals surface area (Å²) in [6.45, 7) is 0. The highest BCUT2D eigenvalue weighted by Crippen LogP contribution is 2.21. The third-order valence-electron chi connectivity index (χ3n) is 2.74. The van der Waals surface area contributed by atoms with Crippen LogP contribution in [0.1, 0.15) is 11.1 Å². The van der Waals surface area contributed by atoms with Crippen molar-refractivity contribution < 1.29 is 13.9 Å². The molecule has 0 saturated carbocycles. The quantitative estimate of drug-likeness (QED) is 0.481. The summed E-state index contributed by atoms with van der Waals surface area (Å²) in [5.41, 5.74) is 1.75. The molecule has 2 aromatic carbocycles. The molecule has 0 radical (unpaired) electrons. The third kappa shape index (κ3) is 3.45. The van der Waals surface area contributed by atoms with Gasteiger partial charge in [0, 0.05) is 5.02 Å². The number of hydrogen-bond acceptors (Lipinski definition) is 2. The largest absolute Gasteiger partial charge is 0.465 e. The van der Waals surface area contributed by atoms with E-state index in [0.717, 1.165) is 5.56 Å². The summed E-state index contributed by atoms with van der Waals surface area (Å²) < 4.78 is 17.7. The van der Waals surface area contributed by atoms with Crippen LogP contribution in [-0.4, -0.2) is 13.1 Å². The lowest BCUT2D eigenvalue weighted by atomic mass is 10.0. The van der Waals surface area contributed by atoms with Gasteiger partial charge in [-0.25, -0.2) is 9.18 Å². The fourth-order valence-electron chi connectivity index (χ4n) is 1.73. The van der Waals surface area contributed by atoms with Crippen molar-refractivity contribution in [3.63, 3.8) is 0 Å². The Labute approximate surface area is 121 Å². The van der Waals surface area contributed by atoms with Gasteiger partial charge in [-0.15, -0.1) is 0 Å². The zero-order valence-corrected chi connectivity index (χ0v) is 11.5. The van der Waals surface area contributed by atoms with Crippen LogP contribution >= 0.6 is 11.6 Å². The van der Waals surface area contributed by atoms with Crippen LogP contribution < -0.4 is 0 Å². The molecule has 0 N–H and O–H groups in total. The number of benzene rings is 2. The van der Waals surface area contributed by atoms with Crippen LogP contribution in [0.2, 0.25) is 5.02 Å². The van der Waals surface area contributed by atoms with Crippen molar-refractivity contribution in [2.24, 2.45) is 0 Å². The highest BCUT2D eigenvalue weighted by Gasteiger charge is 2.12. The first-order chi connectivity index (χ1) is 9.60. The van der Waals surface area contributed by atoms with E-state index in [0.29, 0.717) is 16.2 Å². The maximum Gasteiger partial charge on any atom is 0.338 e. The van der Waals surface area contributed by atoms with Crippen LogP contribution in [0.3, 0.4) is 0 Å². The molecule has 4 heteroatoms. The Hall–Kier alpha value is -2.13. The molecule has 20 heavy (non-hydrogen) atoms. The van der Waals surface area contributed by atoms with Gasteiger partial charge in [0.2, 0.25) is 0 Å². The number of hydrogen-bond donors (Lipinski definition) is 0. The van der Waals surface area contributed by atoms with Gasteiger partial charge in [0.05, 0.1) is 12.7 Å². The highest BCUT2D eigenvalue weighted by atomic mass is 35.5. The lowest BCUT2D eigenvalue weighted by Crippen LogP contribution is -2.03. The standard InChI is InChI=1S/C16H12ClFO2/c1-20-16(19)15(12-4-8-14(18)9-5-12)10-11-2-6-13(17)7-3-11/h2-10H,1H3. The van der Waals surface area contributed by atoms with Crippen molar-refractivity contribution in [2.75, 3.05) is 7.11 Å². The van der Waals surface area contributed by atoms with Crippen LogP contribution in [0.15, 0.2) is 48.5 Å². The number of ether oxygens (including phenoxy) is 1. The Morgan fingerprint density at radius 1 is 1.10 bits per heavy atom. The van der Waals surface area contributed by atoms with Crippen molar-refractivity contribution in [3.8, 4) is 0 Å². The van der Waals surface area contributed by atoms with Gasteiger partial charge < -0.3 is 4.74 Å². The van der Waals surface area contributed by atoms with Crippen LogP contribution in [0.5, 0.6) is 0 Å². The normalized spacial score (nSPS) is 11.2. The highest BCUT2D eigenvalue weighted by molar-refractivity contribution is 6.30. The van der Waals surface area contributed by atoms with Gasteiger partial charge >= 0.3 is 5.97 Å². The second-order valence-electron chi connectivity index (χ2n) is 4.11. The van der Waals surface area contributed by atoms with Gasteiger partial charge in [0.25, 0.3) is 0 Å². The van der Waals surface area contributed by atoms with E-state index < -0.39 is 5.97 Å². The van der Waals surface area contributed by atoms with Gasteiger partial charge in [-0.05, 0) is 41.5 Å². The molecule has 0 aromatic heterocycles. The van der Waals surface area contributed by atoms with Crippen molar-refractivity contribution >= 4 is 29.2 Å². The van der Waals surface area contributed by atoms with E-state index >= 15 is 0 Å². The molecule has 0 amide bonds. The predicted octanol–water partition coefficient (Wildman–Crippen LogP) is 4.19. The Morgan fingerprint density at radius 2 is 1.70 bits per heavy atom. The number of carbonyl (C=O) groups is 1. The van der Waals surface area contributed by atoms with Gasteiger partial charge in [-0.1, -0.05) is 35.9 Å². The lowest BCUT2D eigenvalue weighted by molar-refractivity contribution is -0.133. The van der Waals surface area contributed by atoms with Crippen LogP contribution in [0, 0.1) is 5.82 Å². The molecular weight excluding hydrogens is 279 g/mol. The smallest absolute Gasteiger partial charge is 0.338 e. The van der Waals surface area contributed by atoms with E-state index in [9.17, 15) is 9.18 Å². The Bertz CT molecular complexity index is 631. The molecule has 0 bridgehead atoms. The minimum atomic E-state index is -0.480. The van der Waals surface area contributed by atoms with Crippen LogP contribution in [0.4, 0.5) is 4.39 Å². The molecule has 0 atom stereocenters. The molecule has 0 saturated heterocycles. The fraction of sp³-hybridized carbons (Fsp3) is 0.0625. The topological polar surface area (TPSA) is 26.3 Å². The predicted molar refractivity (Wildman–Crippen MR) is 77.7 cm³/mol. The fourth-order valence-corrected chi connectivity index (χ4v) is 1.85. The summed E-state index contributed by atoms with van der Waals surface area (Å²) >= 11 is 5.82. The van der Waals surface area contributed by atoms with Crippen LogP contribution in [-0.2, 0) is 9.53 Å². The number of rotatable bonds is 3. The molecule has 2 aromatic rings. The first-order valence-corrected chi connectivity index (χ1v) is 6.29. The number of methoxy groups -OCH3 is 1. The molecule has 102 valence electrons. The zero-order chi connectivity index (χ0) is 14.5. The van der Waals surface area contributed by atoms with E-state index in [1.54, 1.807) is 30.3 Å². The minimum Gasteiger partial charge on any atom is -0.465 e. The third-order valence-corrected chi connectivity index (χ3v) is 2.99. The second-order valence-corrected chi connectivity index (χ2v) is 4.54. The molecule has 0 spiro atoms. The average molecular weight is 291 g/mol. The zero-order valence-electron chi connectivity index (χ0n) is 10.8. The molecule has 2 rings (SSSR count). The maximum absolute atomic E-state index is 13.0. The van der Waals surface area contributed by atoms with Crippen molar-refractivity contribution in [1.82, 2.24) is 0 Å². The summed E-state index contributed by atoms with van der Waals surface area (Å²) in [5.74, 6) is -0.837. The Balaban J connectivity index is 2.44. The van der Waals surface area contributed by atoms with Crippen molar-refractivity contribution in [1.29, 1.82) is 0 Å². The second kappa shape index (κ2) is 6.35. The average Bonchev–Trinajstić information content (AvgIpc) is 2.47. The lowest BCUT2D eigenvalue weighted by Gasteiger charge is -2.06. The Morgan fingerprint density at radius 3 is 2.25 bits per heavy atom. The Kier molecular flexibility index (Phi) is 4.53. The van der Waals surface area contributed by atoms with Gasteiger partial charge in [-0.3, -0.25) is 0 Å². The van der Waals surface area contributed by atoms with E-state index in [-0.39, 0.29) is 5.82 Å². The molecule has 0 heterocycles. The number of esters is 1. The van der Waals surface area contributed by atoms with Crippen LogP contribution in [0.25, 0.3) is 11.6 Å². The maximum atomic E-state index is 13.0. The first-order valence-electron chi connectivity index (χ1n) is 5.91.